The minimum atomic E-state index is -4.14. The molecule has 1 unspecified atom stereocenters. The van der Waals surface area contributed by atoms with Crippen molar-refractivity contribution in [2.75, 3.05) is 26.2 Å². The van der Waals surface area contributed by atoms with E-state index < -0.39 is 34.5 Å². The molecule has 1 saturated heterocycles. The Morgan fingerprint density at radius 3 is 2.46 bits per heavy atom. The molecule has 4 rings (SSSR count). The number of hydrogen-bond donors (Lipinski definition) is 6. The number of carboxylic acid groups (broad SMARTS) is 1. The number of para-hydroxylation sites is 1. The number of aromatic nitrogens is 2. The number of hydrogen-bond acceptors (Lipinski definition) is 8. The molecular formula is C26H35N7O5S. The van der Waals surface area contributed by atoms with Crippen molar-refractivity contribution in [3.05, 3.63) is 58.8 Å². The van der Waals surface area contributed by atoms with E-state index in [1.165, 1.54) is 0 Å². The van der Waals surface area contributed by atoms with Crippen LogP contribution in [0.4, 0.5) is 0 Å². The van der Waals surface area contributed by atoms with Crippen LogP contribution in [0.2, 0.25) is 0 Å². The molecule has 0 bridgehead atoms. The van der Waals surface area contributed by atoms with Crippen LogP contribution in [-0.2, 0) is 28.3 Å². The Morgan fingerprint density at radius 2 is 1.79 bits per heavy atom. The number of fused-ring (bicyclic) bond motifs is 1. The zero-order valence-corrected chi connectivity index (χ0v) is 23.1. The Balaban J connectivity index is 1.44. The van der Waals surface area contributed by atoms with Gasteiger partial charge in [-0.25, -0.2) is 8.42 Å². The Labute approximate surface area is 227 Å². The molecule has 39 heavy (non-hydrogen) atoms. The van der Waals surface area contributed by atoms with Crippen LogP contribution in [0.1, 0.15) is 33.6 Å². The fourth-order valence-corrected chi connectivity index (χ4v) is 6.53. The topological polar surface area (TPSA) is 166 Å². The molecule has 0 spiro atoms. The second-order valence-electron chi connectivity index (χ2n) is 9.61. The first kappa shape index (κ1) is 28.6. The summed E-state index contributed by atoms with van der Waals surface area (Å²) in [6.45, 7) is 5.49. The number of carbonyl (C=O) groups excluding carboxylic acids is 1. The maximum absolute atomic E-state index is 13.2. The average Bonchev–Trinajstić information content (AvgIpc) is 3.51. The van der Waals surface area contributed by atoms with Crippen molar-refractivity contribution in [3.63, 3.8) is 0 Å². The Morgan fingerprint density at radius 1 is 1.13 bits per heavy atom. The molecule has 0 saturated carbocycles. The van der Waals surface area contributed by atoms with Crippen LogP contribution >= 0.6 is 0 Å². The number of aryl methyl sites for hydroxylation is 4. The number of carboxylic acids is 1. The molecule has 210 valence electrons. The number of benzene rings is 2. The molecule has 2 aromatic carbocycles. The largest absolute Gasteiger partial charge is 0.480 e. The van der Waals surface area contributed by atoms with Crippen molar-refractivity contribution >= 4 is 32.8 Å². The summed E-state index contributed by atoms with van der Waals surface area (Å²) in [7, 11) is -2.39. The standard InChI is InChI=1S/C26H35N7O5S/c1-16-7-4-8-17(2)23(16)39(37,38)32-21(25(35)36)15-30-24(34)19-10-5-9-18-20(31-33(3)22(18)19)11-6-12-27-26-28-13-14-29-26/h4-5,7-10,21,26-29,32H,6,11-15H2,1-3H3,(H,30,34)(H,35,36). The molecule has 2 heterocycles. The first-order valence-electron chi connectivity index (χ1n) is 12.8. The van der Waals surface area contributed by atoms with Gasteiger partial charge < -0.3 is 10.4 Å². The van der Waals surface area contributed by atoms with Crippen LogP contribution in [-0.4, -0.2) is 73.7 Å². The van der Waals surface area contributed by atoms with Crippen LogP contribution in [0.5, 0.6) is 0 Å². The van der Waals surface area contributed by atoms with Gasteiger partial charge in [-0.1, -0.05) is 30.3 Å². The van der Waals surface area contributed by atoms with E-state index >= 15 is 0 Å². The Hall–Kier alpha value is -3.36. The van der Waals surface area contributed by atoms with Gasteiger partial charge in [-0.15, -0.1) is 0 Å². The zero-order valence-electron chi connectivity index (χ0n) is 22.2. The summed E-state index contributed by atoms with van der Waals surface area (Å²) >= 11 is 0. The van der Waals surface area contributed by atoms with Gasteiger partial charge >= 0.3 is 5.97 Å². The lowest BCUT2D eigenvalue weighted by atomic mass is 10.1. The molecular weight excluding hydrogens is 522 g/mol. The number of carbonyl (C=O) groups is 2. The predicted molar refractivity (Wildman–Crippen MR) is 147 cm³/mol. The Kier molecular flexibility index (Phi) is 8.97. The molecule has 6 N–H and O–H groups in total. The van der Waals surface area contributed by atoms with Gasteiger partial charge in [0, 0.05) is 32.1 Å². The van der Waals surface area contributed by atoms with Crippen molar-refractivity contribution in [1.29, 1.82) is 0 Å². The van der Waals surface area contributed by atoms with Crippen molar-refractivity contribution in [2.45, 2.75) is 43.9 Å². The van der Waals surface area contributed by atoms with Gasteiger partial charge in [0.2, 0.25) is 10.0 Å². The third kappa shape index (κ3) is 6.62. The summed E-state index contributed by atoms with van der Waals surface area (Å²) in [5.41, 5.74) is 2.81. The highest BCUT2D eigenvalue weighted by Crippen LogP contribution is 2.23. The van der Waals surface area contributed by atoms with Crippen molar-refractivity contribution in [2.24, 2.45) is 7.05 Å². The number of nitrogens with zero attached hydrogens (tertiary/aromatic N) is 2. The summed E-state index contributed by atoms with van der Waals surface area (Å²) in [5.74, 6) is -1.92. The van der Waals surface area contributed by atoms with Gasteiger partial charge in [0.25, 0.3) is 5.91 Å². The highest BCUT2D eigenvalue weighted by Gasteiger charge is 2.28. The van der Waals surface area contributed by atoms with Crippen molar-refractivity contribution in [1.82, 2.24) is 35.8 Å². The van der Waals surface area contributed by atoms with E-state index in [9.17, 15) is 23.1 Å². The Bertz CT molecular complexity index is 1440. The van der Waals surface area contributed by atoms with Crippen molar-refractivity contribution in [3.8, 4) is 0 Å². The number of rotatable bonds is 12. The molecule has 13 heteroatoms. The van der Waals surface area contributed by atoms with Gasteiger partial charge in [0.05, 0.1) is 21.7 Å². The lowest BCUT2D eigenvalue weighted by Gasteiger charge is -2.18. The second kappa shape index (κ2) is 12.2. The third-order valence-corrected chi connectivity index (χ3v) is 8.46. The summed E-state index contributed by atoms with van der Waals surface area (Å²) in [5, 5.41) is 27.7. The van der Waals surface area contributed by atoms with Crippen LogP contribution in [0, 0.1) is 13.8 Å². The summed E-state index contributed by atoms with van der Waals surface area (Å²) in [6.07, 6.45) is 1.67. The van der Waals surface area contributed by atoms with E-state index in [1.807, 2.05) is 6.07 Å². The average molecular weight is 558 g/mol. The highest BCUT2D eigenvalue weighted by atomic mass is 32.2. The van der Waals surface area contributed by atoms with Crippen LogP contribution in [0.15, 0.2) is 41.3 Å². The van der Waals surface area contributed by atoms with Gasteiger partial charge in [-0.05, 0) is 50.4 Å². The molecule has 0 aliphatic carbocycles. The molecule has 12 nitrogen and oxygen atoms in total. The number of nitrogens with one attached hydrogen (secondary N) is 5. The van der Waals surface area contributed by atoms with Gasteiger partial charge in [-0.3, -0.25) is 30.2 Å². The first-order valence-corrected chi connectivity index (χ1v) is 14.3. The molecule has 1 aromatic heterocycles. The molecule has 1 aliphatic heterocycles. The number of sulfonamides is 1. The number of aliphatic carboxylic acids is 1. The van der Waals surface area contributed by atoms with E-state index in [0.717, 1.165) is 37.1 Å². The summed E-state index contributed by atoms with van der Waals surface area (Å²) in [4.78, 5) is 25.1. The quantitative estimate of drug-likeness (QED) is 0.172. The van der Waals surface area contributed by atoms with E-state index in [1.54, 1.807) is 55.9 Å². The van der Waals surface area contributed by atoms with E-state index in [2.05, 4.69) is 31.1 Å². The third-order valence-electron chi connectivity index (χ3n) is 6.69. The molecule has 1 fully saturated rings. The predicted octanol–water partition coefficient (Wildman–Crippen LogP) is 0.350. The van der Waals surface area contributed by atoms with Gasteiger partial charge in [-0.2, -0.15) is 9.82 Å². The van der Waals surface area contributed by atoms with E-state index in [-0.39, 0.29) is 11.2 Å². The smallest absolute Gasteiger partial charge is 0.323 e. The normalized spacial score (nSPS) is 15.1. The maximum atomic E-state index is 13.2. The SMILES string of the molecule is Cc1cccc(C)c1S(=O)(=O)NC(CNC(=O)c1cccc2c(CCCNC3NCCN3)nn(C)c12)C(=O)O. The highest BCUT2D eigenvalue weighted by molar-refractivity contribution is 7.89. The maximum Gasteiger partial charge on any atom is 0.323 e. The van der Waals surface area contributed by atoms with Gasteiger partial charge in [0.1, 0.15) is 12.3 Å². The van der Waals surface area contributed by atoms with E-state index in [4.69, 9.17) is 0 Å². The van der Waals surface area contributed by atoms with Crippen LogP contribution < -0.4 is 26.0 Å². The molecule has 1 amide bonds. The molecule has 1 aliphatic rings. The van der Waals surface area contributed by atoms with Crippen molar-refractivity contribution < 1.29 is 23.1 Å². The summed E-state index contributed by atoms with van der Waals surface area (Å²) < 4.78 is 29.9. The zero-order chi connectivity index (χ0) is 28.2. The monoisotopic (exact) mass is 557 g/mol. The lowest BCUT2D eigenvalue weighted by Crippen LogP contribution is -2.48. The van der Waals surface area contributed by atoms with E-state index in [0.29, 0.717) is 28.6 Å². The fraction of sp³-hybridized carbons (Fsp3) is 0.423. The molecule has 3 aromatic rings. The van der Waals surface area contributed by atoms with Crippen LogP contribution in [0.3, 0.4) is 0 Å². The van der Waals surface area contributed by atoms with Crippen LogP contribution in [0.25, 0.3) is 10.9 Å². The van der Waals surface area contributed by atoms with Gasteiger partial charge in [0.15, 0.2) is 0 Å². The summed E-state index contributed by atoms with van der Waals surface area (Å²) in [6, 6.07) is 8.75. The minimum absolute atomic E-state index is 0.0285. The minimum Gasteiger partial charge on any atom is -0.480 e. The molecule has 0 radical (unpaired) electrons. The lowest BCUT2D eigenvalue weighted by molar-refractivity contribution is -0.138. The first-order chi connectivity index (χ1) is 18.6. The second-order valence-corrected chi connectivity index (χ2v) is 11.3. The number of amides is 1. The molecule has 1 atom stereocenters. The fourth-order valence-electron chi connectivity index (χ4n) is 4.87.